The van der Waals surface area contributed by atoms with Crippen molar-refractivity contribution in [3.05, 3.63) is 52.6 Å². The molecule has 98 valence electrons. The van der Waals surface area contributed by atoms with Gasteiger partial charge in [0.25, 0.3) is 0 Å². The molecule has 0 aliphatic rings. The average Bonchev–Trinajstić information content (AvgIpc) is 2.94. The summed E-state index contributed by atoms with van der Waals surface area (Å²) in [6.07, 6.45) is 1.61. The molecule has 1 aromatic carbocycles. The van der Waals surface area contributed by atoms with E-state index < -0.39 is 0 Å². The Morgan fingerprint density at radius 2 is 2.15 bits per heavy atom. The lowest BCUT2D eigenvalue weighted by molar-refractivity contribution is 0.278. The Morgan fingerprint density at radius 1 is 1.35 bits per heavy atom. The molecule has 6 heteroatoms. The van der Waals surface area contributed by atoms with Gasteiger partial charge in [0.05, 0.1) is 25.1 Å². The fraction of sp³-hybridized carbons (Fsp3) is 0.0714. The number of aromatic amines is 1. The second-order valence-electron chi connectivity index (χ2n) is 4.16. The standard InChI is InChI=1S/C14H9ClN4O/c1-16-13-11(7-20)18-14-9(6-17-19-14)12(13)8-4-2-3-5-10(8)15/h2-6,20H,7H2,(H,17,18,19). The van der Waals surface area contributed by atoms with Crippen molar-refractivity contribution in [1.82, 2.24) is 15.2 Å². The van der Waals surface area contributed by atoms with E-state index in [0.717, 1.165) is 5.56 Å². The Labute approximate surface area is 119 Å². The highest BCUT2D eigenvalue weighted by Gasteiger charge is 2.19. The van der Waals surface area contributed by atoms with Gasteiger partial charge in [0.1, 0.15) is 0 Å². The summed E-state index contributed by atoms with van der Waals surface area (Å²) in [5.41, 5.74) is 2.51. The molecule has 3 rings (SSSR count). The molecule has 0 aliphatic carbocycles. The van der Waals surface area contributed by atoms with Crippen LogP contribution in [0, 0.1) is 6.57 Å². The number of rotatable bonds is 2. The van der Waals surface area contributed by atoms with E-state index in [1.165, 1.54) is 0 Å². The first-order valence-corrected chi connectivity index (χ1v) is 6.23. The van der Waals surface area contributed by atoms with Gasteiger partial charge in [0.15, 0.2) is 5.65 Å². The molecule has 0 radical (unpaired) electrons. The molecule has 0 saturated carbocycles. The molecule has 20 heavy (non-hydrogen) atoms. The maximum atomic E-state index is 9.41. The van der Waals surface area contributed by atoms with Crippen LogP contribution in [0.4, 0.5) is 5.69 Å². The summed E-state index contributed by atoms with van der Waals surface area (Å²) >= 11 is 6.23. The lowest BCUT2D eigenvalue weighted by Gasteiger charge is -2.10. The number of benzene rings is 1. The van der Waals surface area contributed by atoms with E-state index in [2.05, 4.69) is 20.0 Å². The Morgan fingerprint density at radius 3 is 2.85 bits per heavy atom. The van der Waals surface area contributed by atoms with Crippen molar-refractivity contribution in [2.45, 2.75) is 6.61 Å². The summed E-state index contributed by atoms with van der Waals surface area (Å²) in [6, 6.07) is 7.26. The number of fused-ring (bicyclic) bond motifs is 1. The van der Waals surface area contributed by atoms with Crippen LogP contribution in [0.3, 0.4) is 0 Å². The quantitative estimate of drug-likeness (QED) is 0.710. The molecule has 5 nitrogen and oxygen atoms in total. The molecule has 2 heterocycles. The number of nitrogens with one attached hydrogen (secondary N) is 1. The summed E-state index contributed by atoms with van der Waals surface area (Å²) in [5, 5.41) is 17.4. The van der Waals surface area contributed by atoms with Crippen molar-refractivity contribution in [3.63, 3.8) is 0 Å². The van der Waals surface area contributed by atoms with Crippen LogP contribution in [0.2, 0.25) is 5.02 Å². The number of halogens is 1. The number of aromatic nitrogens is 3. The maximum absolute atomic E-state index is 9.41. The summed E-state index contributed by atoms with van der Waals surface area (Å²) < 4.78 is 0. The minimum absolute atomic E-state index is 0.300. The van der Waals surface area contributed by atoms with E-state index >= 15 is 0 Å². The van der Waals surface area contributed by atoms with E-state index in [1.807, 2.05) is 18.2 Å². The van der Waals surface area contributed by atoms with Crippen LogP contribution < -0.4 is 0 Å². The Bertz CT molecular complexity index is 835. The zero-order valence-corrected chi connectivity index (χ0v) is 11.0. The third kappa shape index (κ3) is 1.83. The van der Waals surface area contributed by atoms with Crippen LogP contribution in [-0.2, 0) is 6.61 Å². The molecule has 2 aromatic heterocycles. The van der Waals surface area contributed by atoms with Gasteiger partial charge in [0.2, 0.25) is 5.69 Å². The number of pyridine rings is 1. The van der Waals surface area contributed by atoms with Crippen molar-refractivity contribution < 1.29 is 5.11 Å². The molecule has 0 bridgehead atoms. The van der Waals surface area contributed by atoms with Crippen LogP contribution >= 0.6 is 11.6 Å². The lowest BCUT2D eigenvalue weighted by Crippen LogP contribution is -1.94. The van der Waals surface area contributed by atoms with E-state index in [0.29, 0.717) is 33.0 Å². The van der Waals surface area contributed by atoms with Crippen LogP contribution in [0.25, 0.3) is 27.0 Å². The van der Waals surface area contributed by atoms with Crippen molar-refractivity contribution in [2.75, 3.05) is 0 Å². The van der Waals surface area contributed by atoms with Gasteiger partial charge < -0.3 is 5.11 Å². The minimum atomic E-state index is -0.315. The first-order chi connectivity index (χ1) is 9.76. The molecule has 0 atom stereocenters. The summed E-state index contributed by atoms with van der Waals surface area (Å²) in [6.45, 7) is 7.06. The third-order valence-electron chi connectivity index (χ3n) is 3.05. The van der Waals surface area contributed by atoms with Crippen molar-refractivity contribution in [2.24, 2.45) is 0 Å². The van der Waals surface area contributed by atoms with E-state index in [1.54, 1.807) is 12.3 Å². The zero-order chi connectivity index (χ0) is 14.1. The van der Waals surface area contributed by atoms with Gasteiger partial charge in [-0.05, 0) is 11.6 Å². The Kier molecular flexibility index (Phi) is 3.11. The largest absolute Gasteiger partial charge is 0.391 e. The molecule has 2 N–H and O–H groups in total. The fourth-order valence-electron chi connectivity index (χ4n) is 2.17. The Hall–Kier alpha value is -2.42. The van der Waals surface area contributed by atoms with Crippen LogP contribution in [0.1, 0.15) is 5.69 Å². The number of hydrogen-bond donors (Lipinski definition) is 2. The Balaban J connectivity index is 2.47. The lowest BCUT2D eigenvalue weighted by atomic mass is 10.0. The number of H-pyrrole nitrogens is 1. The van der Waals surface area contributed by atoms with Gasteiger partial charge in [-0.25, -0.2) is 9.83 Å². The minimum Gasteiger partial charge on any atom is -0.391 e. The smallest absolute Gasteiger partial charge is 0.219 e. The molecular weight excluding hydrogens is 276 g/mol. The predicted molar refractivity (Wildman–Crippen MR) is 76.5 cm³/mol. The van der Waals surface area contributed by atoms with Crippen molar-refractivity contribution in [1.29, 1.82) is 0 Å². The molecule has 0 aliphatic heterocycles. The molecule has 0 saturated heterocycles. The summed E-state index contributed by atoms with van der Waals surface area (Å²) in [4.78, 5) is 7.73. The average molecular weight is 285 g/mol. The number of nitrogens with zero attached hydrogens (tertiary/aromatic N) is 3. The monoisotopic (exact) mass is 284 g/mol. The topological polar surface area (TPSA) is 66.2 Å². The number of aliphatic hydroxyl groups excluding tert-OH is 1. The predicted octanol–water partition coefficient (Wildman–Crippen LogP) is 3.32. The van der Waals surface area contributed by atoms with Crippen LogP contribution in [-0.4, -0.2) is 20.3 Å². The molecule has 3 aromatic rings. The zero-order valence-electron chi connectivity index (χ0n) is 10.3. The number of aliphatic hydroxyl groups is 1. The van der Waals surface area contributed by atoms with E-state index in [9.17, 15) is 5.11 Å². The van der Waals surface area contributed by atoms with Gasteiger partial charge in [-0.1, -0.05) is 29.8 Å². The van der Waals surface area contributed by atoms with Gasteiger partial charge in [-0.2, -0.15) is 5.10 Å². The number of hydrogen-bond acceptors (Lipinski definition) is 3. The fourth-order valence-corrected chi connectivity index (χ4v) is 2.40. The highest BCUT2D eigenvalue weighted by atomic mass is 35.5. The third-order valence-corrected chi connectivity index (χ3v) is 3.38. The summed E-state index contributed by atoms with van der Waals surface area (Å²) in [5.74, 6) is 0. The second kappa shape index (κ2) is 4.93. The first-order valence-electron chi connectivity index (χ1n) is 5.85. The van der Waals surface area contributed by atoms with Gasteiger partial charge in [-0.3, -0.25) is 5.10 Å². The van der Waals surface area contributed by atoms with Gasteiger partial charge in [-0.15, -0.1) is 0 Å². The second-order valence-corrected chi connectivity index (χ2v) is 4.57. The first kappa shape index (κ1) is 12.6. The highest BCUT2D eigenvalue weighted by Crippen LogP contribution is 2.41. The van der Waals surface area contributed by atoms with Gasteiger partial charge in [0, 0.05) is 16.0 Å². The SMILES string of the molecule is [C-]#[N+]c1c(CO)nc2[nH]ncc2c1-c1ccccc1Cl. The van der Waals surface area contributed by atoms with Crippen LogP contribution in [0.5, 0.6) is 0 Å². The van der Waals surface area contributed by atoms with Crippen molar-refractivity contribution >= 4 is 28.3 Å². The normalized spacial score (nSPS) is 10.7. The highest BCUT2D eigenvalue weighted by molar-refractivity contribution is 6.34. The van der Waals surface area contributed by atoms with E-state index in [4.69, 9.17) is 18.2 Å². The molecule has 0 unspecified atom stereocenters. The molecular formula is C14H9ClN4O. The van der Waals surface area contributed by atoms with Crippen molar-refractivity contribution in [3.8, 4) is 11.1 Å². The van der Waals surface area contributed by atoms with E-state index in [-0.39, 0.29) is 6.61 Å². The molecule has 0 fully saturated rings. The molecule has 0 spiro atoms. The maximum Gasteiger partial charge on any atom is 0.219 e. The summed E-state index contributed by atoms with van der Waals surface area (Å²) in [7, 11) is 0. The molecule has 0 amide bonds. The van der Waals surface area contributed by atoms with Gasteiger partial charge >= 0.3 is 0 Å². The van der Waals surface area contributed by atoms with Crippen LogP contribution in [0.15, 0.2) is 30.5 Å².